The van der Waals surface area contributed by atoms with Gasteiger partial charge >= 0.3 is 5.97 Å². The van der Waals surface area contributed by atoms with Gasteiger partial charge in [-0.3, -0.25) is 24.0 Å². The fraction of sp³-hybridized carbons (Fsp3) is 0.441. The van der Waals surface area contributed by atoms with Crippen molar-refractivity contribution < 1.29 is 42.9 Å². The molecule has 2 atom stereocenters. The normalized spacial score (nSPS) is 15.5. The topological polar surface area (TPSA) is 158 Å². The average molecular weight is 636 g/mol. The summed E-state index contributed by atoms with van der Waals surface area (Å²) in [6.07, 6.45) is 8.33. The van der Waals surface area contributed by atoms with Crippen LogP contribution in [-0.4, -0.2) is 68.1 Å². The lowest BCUT2D eigenvalue weighted by atomic mass is 9.84. The third-order valence-electron chi connectivity index (χ3n) is 7.70. The summed E-state index contributed by atoms with van der Waals surface area (Å²) >= 11 is 0. The summed E-state index contributed by atoms with van der Waals surface area (Å²) in [5.74, 6) is -2.46. The molecule has 4 rings (SSSR count). The molecule has 12 nitrogen and oxygen atoms in total. The minimum absolute atomic E-state index is 0.120. The fourth-order valence-electron chi connectivity index (χ4n) is 5.33. The average Bonchev–Trinajstić information content (AvgIpc) is 3.54. The van der Waals surface area contributed by atoms with E-state index < -0.39 is 48.1 Å². The molecule has 1 aliphatic carbocycles. The Kier molecular flexibility index (Phi) is 13.1. The van der Waals surface area contributed by atoms with Crippen LogP contribution in [0.25, 0.3) is 6.08 Å². The summed E-state index contributed by atoms with van der Waals surface area (Å²) in [7, 11) is 0. The Morgan fingerprint density at radius 3 is 2.46 bits per heavy atom. The first kappa shape index (κ1) is 34.2. The van der Waals surface area contributed by atoms with Crippen molar-refractivity contribution in [1.82, 2.24) is 16.0 Å². The summed E-state index contributed by atoms with van der Waals surface area (Å²) in [5.41, 5.74) is 1.55. The Hall–Kier alpha value is -4.71. The lowest BCUT2D eigenvalue weighted by Gasteiger charge is -2.27. The largest absolute Gasteiger partial charge is 0.465 e. The van der Waals surface area contributed by atoms with Crippen LogP contribution in [0, 0.1) is 5.92 Å². The van der Waals surface area contributed by atoms with E-state index in [9.17, 15) is 24.0 Å². The summed E-state index contributed by atoms with van der Waals surface area (Å²) in [4.78, 5) is 64.3. The van der Waals surface area contributed by atoms with Gasteiger partial charge in [0.15, 0.2) is 11.5 Å². The van der Waals surface area contributed by atoms with E-state index >= 15 is 0 Å². The standard InChI is InChI=1S/C34H41N3O9/c1-2-44-31(39)19-35-34(42)32(40)27(21-43-20-25-11-7-4-8-12-25)37-33(41)26(17-23-9-5-3-6-10-23)36-30(38)16-14-24-13-15-28-29(18-24)46-22-45-28/h4,7-8,11-16,18,23,26-27H,2-3,5-6,9-10,17,19-22H2,1H3,(H,35,42)(H,36,38)(H,37,41)/b16-14+/t26-,27-/m0/s1. The molecule has 0 radical (unpaired) electrons. The zero-order valence-electron chi connectivity index (χ0n) is 26.0. The molecule has 1 heterocycles. The summed E-state index contributed by atoms with van der Waals surface area (Å²) in [6, 6.07) is 12.2. The van der Waals surface area contributed by atoms with Crippen molar-refractivity contribution in [3.8, 4) is 11.5 Å². The molecule has 2 aromatic carbocycles. The van der Waals surface area contributed by atoms with Crippen LogP contribution in [0.1, 0.15) is 56.6 Å². The van der Waals surface area contributed by atoms with E-state index in [-0.39, 0.29) is 32.5 Å². The van der Waals surface area contributed by atoms with Crippen LogP contribution < -0.4 is 25.4 Å². The molecule has 1 saturated carbocycles. The van der Waals surface area contributed by atoms with Gasteiger partial charge in [-0.15, -0.1) is 0 Å². The van der Waals surface area contributed by atoms with E-state index in [2.05, 4.69) is 16.0 Å². The number of benzene rings is 2. The van der Waals surface area contributed by atoms with Crippen LogP contribution in [0.4, 0.5) is 0 Å². The van der Waals surface area contributed by atoms with Crippen LogP contribution >= 0.6 is 0 Å². The zero-order chi connectivity index (χ0) is 32.7. The maximum atomic E-state index is 13.7. The molecule has 1 aliphatic heterocycles. The van der Waals surface area contributed by atoms with Crippen molar-refractivity contribution in [2.75, 3.05) is 26.6 Å². The number of carbonyl (C=O) groups is 5. The molecule has 2 aliphatic rings. The van der Waals surface area contributed by atoms with Gasteiger partial charge in [0, 0.05) is 6.08 Å². The maximum absolute atomic E-state index is 13.7. The number of nitrogens with one attached hydrogen (secondary N) is 3. The van der Waals surface area contributed by atoms with Gasteiger partial charge in [-0.25, -0.2) is 0 Å². The molecule has 3 N–H and O–H groups in total. The number of ketones is 1. The van der Waals surface area contributed by atoms with E-state index in [0.29, 0.717) is 23.5 Å². The van der Waals surface area contributed by atoms with Crippen LogP contribution in [-0.2, 0) is 40.1 Å². The number of esters is 1. The Balaban J connectivity index is 1.45. The maximum Gasteiger partial charge on any atom is 0.325 e. The number of ether oxygens (including phenoxy) is 4. The molecule has 3 amide bonds. The van der Waals surface area contributed by atoms with E-state index in [0.717, 1.165) is 37.7 Å². The molecule has 12 heteroatoms. The van der Waals surface area contributed by atoms with Crippen LogP contribution in [0.15, 0.2) is 54.6 Å². The number of hydrogen-bond acceptors (Lipinski definition) is 9. The number of fused-ring (bicyclic) bond motifs is 1. The van der Waals surface area contributed by atoms with Crippen LogP contribution in [0.3, 0.4) is 0 Å². The highest BCUT2D eigenvalue weighted by atomic mass is 16.7. The van der Waals surface area contributed by atoms with E-state index in [1.807, 2.05) is 30.3 Å². The van der Waals surface area contributed by atoms with Gasteiger partial charge in [-0.05, 0) is 48.6 Å². The fourth-order valence-corrected chi connectivity index (χ4v) is 5.33. The molecule has 46 heavy (non-hydrogen) atoms. The number of amides is 3. The summed E-state index contributed by atoms with van der Waals surface area (Å²) in [5, 5.41) is 7.66. The monoisotopic (exact) mass is 635 g/mol. The van der Waals surface area contributed by atoms with Gasteiger partial charge in [-0.1, -0.05) is 68.5 Å². The molecule has 2 aromatic rings. The van der Waals surface area contributed by atoms with Gasteiger partial charge in [-0.2, -0.15) is 0 Å². The van der Waals surface area contributed by atoms with Crippen molar-refractivity contribution in [3.05, 3.63) is 65.7 Å². The SMILES string of the molecule is CCOC(=O)CNC(=O)C(=O)[C@H](COCc1ccccc1)NC(=O)[C@H](CC1CCCCC1)NC(=O)/C=C/c1ccc2c(c1)OCO2. The molecular formula is C34H41N3O9. The molecule has 0 spiro atoms. The number of Topliss-reactive ketones (excluding diaryl/α,β-unsaturated/α-hetero) is 1. The van der Waals surface area contributed by atoms with E-state index in [1.54, 1.807) is 31.2 Å². The molecule has 0 bridgehead atoms. The second kappa shape index (κ2) is 17.7. The molecule has 0 saturated heterocycles. The second-order valence-corrected chi connectivity index (χ2v) is 11.2. The zero-order valence-corrected chi connectivity index (χ0v) is 26.0. The Labute approximate surface area is 268 Å². The first-order valence-electron chi connectivity index (χ1n) is 15.6. The molecular weight excluding hydrogens is 594 g/mol. The number of hydrogen-bond donors (Lipinski definition) is 3. The number of rotatable bonds is 16. The smallest absolute Gasteiger partial charge is 0.325 e. The highest BCUT2D eigenvalue weighted by molar-refractivity contribution is 6.38. The third kappa shape index (κ3) is 10.7. The highest BCUT2D eigenvalue weighted by Gasteiger charge is 2.32. The summed E-state index contributed by atoms with van der Waals surface area (Å²) < 4.78 is 21.2. The molecule has 0 aromatic heterocycles. The predicted octanol–water partition coefficient (Wildman–Crippen LogP) is 2.83. The van der Waals surface area contributed by atoms with Crippen molar-refractivity contribution in [1.29, 1.82) is 0 Å². The predicted molar refractivity (Wildman–Crippen MR) is 167 cm³/mol. The molecule has 1 fully saturated rings. The first-order chi connectivity index (χ1) is 22.3. The Morgan fingerprint density at radius 1 is 0.935 bits per heavy atom. The van der Waals surface area contributed by atoms with Crippen molar-refractivity contribution in [2.45, 2.75) is 64.1 Å². The minimum Gasteiger partial charge on any atom is -0.465 e. The number of carbonyl (C=O) groups excluding carboxylic acids is 5. The van der Waals surface area contributed by atoms with E-state index in [4.69, 9.17) is 18.9 Å². The van der Waals surface area contributed by atoms with Gasteiger partial charge in [0.1, 0.15) is 18.6 Å². The van der Waals surface area contributed by atoms with Gasteiger partial charge in [0.25, 0.3) is 5.91 Å². The van der Waals surface area contributed by atoms with Crippen molar-refractivity contribution >= 4 is 35.6 Å². The van der Waals surface area contributed by atoms with Crippen molar-refractivity contribution in [2.24, 2.45) is 5.92 Å². The summed E-state index contributed by atoms with van der Waals surface area (Å²) in [6.45, 7) is 1.21. The lowest BCUT2D eigenvalue weighted by Crippen LogP contribution is -2.55. The molecule has 0 unspecified atom stereocenters. The highest BCUT2D eigenvalue weighted by Crippen LogP contribution is 2.33. The Bertz CT molecular complexity index is 1390. The quantitative estimate of drug-likeness (QED) is 0.143. The van der Waals surface area contributed by atoms with Gasteiger partial charge in [0.2, 0.25) is 24.4 Å². The van der Waals surface area contributed by atoms with Crippen molar-refractivity contribution in [3.63, 3.8) is 0 Å². The molecule has 246 valence electrons. The van der Waals surface area contributed by atoms with E-state index in [1.165, 1.54) is 6.08 Å². The lowest BCUT2D eigenvalue weighted by molar-refractivity contribution is -0.146. The first-order valence-corrected chi connectivity index (χ1v) is 15.6. The van der Waals surface area contributed by atoms with Crippen LogP contribution in [0.2, 0.25) is 0 Å². The third-order valence-corrected chi connectivity index (χ3v) is 7.70. The van der Waals surface area contributed by atoms with Crippen LogP contribution in [0.5, 0.6) is 11.5 Å². The minimum atomic E-state index is -1.37. The van der Waals surface area contributed by atoms with Gasteiger partial charge in [0.05, 0.1) is 19.8 Å². The Morgan fingerprint density at radius 2 is 1.70 bits per heavy atom. The van der Waals surface area contributed by atoms with Gasteiger partial charge < -0.3 is 34.9 Å². The second-order valence-electron chi connectivity index (χ2n) is 11.2.